The number of carbonyl (C=O) groups is 1. The van der Waals surface area contributed by atoms with E-state index in [1.807, 2.05) is 12.4 Å². The summed E-state index contributed by atoms with van der Waals surface area (Å²) in [7, 11) is 0. The molecule has 0 aliphatic rings. The molecule has 1 aromatic rings. The van der Waals surface area contributed by atoms with Crippen LogP contribution in [0.25, 0.3) is 0 Å². The summed E-state index contributed by atoms with van der Waals surface area (Å²) in [6, 6.07) is 2.33. The van der Waals surface area contributed by atoms with Crippen molar-refractivity contribution in [3.05, 3.63) is 23.5 Å². The fourth-order valence-corrected chi connectivity index (χ4v) is 1.37. The van der Waals surface area contributed by atoms with Gasteiger partial charge in [-0.2, -0.15) is 0 Å². The molecule has 1 aromatic carbocycles. The van der Waals surface area contributed by atoms with E-state index in [4.69, 9.17) is 9.94 Å². The zero-order valence-electron chi connectivity index (χ0n) is 9.71. The van der Waals surface area contributed by atoms with Gasteiger partial charge >= 0.3 is 5.97 Å². The molecule has 1 rings (SSSR count). The maximum absolute atomic E-state index is 13.6. The Morgan fingerprint density at radius 2 is 2.12 bits per heavy atom. The molecule has 0 aliphatic carbocycles. The number of carbonyl (C=O) groups excluding carboxylic acids is 1. The van der Waals surface area contributed by atoms with Crippen LogP contribution in [-0.4, -0.2) is 24.3 Å². The molecule has 0 atom stereocenters. The zero-order valence-corrected chi connectivity index (χ0v) is 9.71. The summed E-state index contributed by atoms with van der Waals surface area (Å²) in [6.07, 6.45) is 0. The number of hydrogen-bond donors (Lipinski definition) is 3. The van der Waals surface area contributed by atoms with Crippen molar-refractivity contribution in [3.63, 3.8) is 0 Å². The quantitative estimate of drug-likeness (QED) is 0.545. The summed E-state index contributed by atoms with van der Waals surface area (Å²) in [5.74, 6) is -1.46. The van der Waals surface area contributed by atoms with Crippen LogP contribution in [0.1, 0.15) is 24.2 Å². The molecule has 0 saturated carbocycles. The van der Waals surface area contributed by atoms with Gasteiger partial charge in [0.25, 0.3) is 0 Å². The smallest absolute Gasteiger partial charge is 0.341 e. The second-order valence-corrected chi connectivity index (χ2v) is 3.24. The first-order valence-corrected chi connectivity index (χ1v) is 5.28. The predicted octanol–water partition coefficient (Wildman–Crippen LogP) is 2.24. The van der Waals surface area contributed by atoms with Crippen molar-refractivity contribution in [3.8, 4) is 0 Å². The second-order valence-electron chi connectivity index (χ2n) is 3.24. The van der Waals surface area contributed by atoms with Crippen LogP contribution in [0.4, 0.5) is 15.8 Å². The van der Waals surface area contributed by atoms with E-state index in [-0.39, 0.29) is 17.9 Å². The van der Waals surface area contributed by atoms with Gasteiger partial charge in [0.05, 0.1) is 23.5 Å². The lowest BCUT2D eigenvalue weighted by molar-refractivity contribution is 0.0521. The van der Waals surface area contributed by atoms with E-state index >= 15 is 0 Å². The Kier molecular flexibility index (Phi) is 4.71. The molecule has 0 aromatic heterocycles. The van der Waals surface area contributed by atoms with Crippen LogP contribution < -0.4 is 10.8 Å². The number of ether oxygens (including phenoxy) is 1. The number of halogens is 1. The van der Waals surface area contributed by atoms with Crippen LogP contribution in [-0.2, 0) is 4.74 Å². The highest BCUT2D eigenvalue weighted by Gasteiger charge is 2.16. The Labute approximate surface area is 98.5 Å². The van der Waals surface area contributed by atoms with Crippen LogP contribution in [0.2, 0.25) is 0 Å². The number of esters is 1. The molecule has 0 saturated heterocycles. The Hall–Kier alpha value is -1.82. The highest BCUT2D eigenvalue weighted by Crippen LogP contribution is 2.25. The van der Waals surface area contributed by atoms with Gasteiger partial charge in [-0.25, -0.2) is 9.18 Å². The number of hydrogen-bond acceptors (Lipinski definition) is 5. The van der Waals surface area contributed by atoms with Crippen molar-refractivity contribution in [2.45, 2.75) is 13.8 Å². The average Bonchev–Trinajstić information content (AvgIpc) is 2.30. The van der Waals surface area contributed by atoms with Gasteiger partial charge in [0.1, 0.15) is 5.82 Å². The van der Waals surface area contributed by atoms with Crippen molar-refractivity contribution in [2.24, 2.45) is 0 Å². The second kappa shape index (κ2) is 6.05. The van der Waals surface area contributed by atoms with Gasteiger partial charge in [0.2, 0.25) is 0 Å². The average molecular weight is 242 g/mol. The SMILES string of the molecule is CCNc1cc(F)c(C(=O)OCC)cc1NO. The molecule has 6 heteroatoms. The first-order valence-electron chi connectivity index (χ1n) is 5.28. The maximum Gasteiger partial charge on any atom is 0.341 e. The summed E-state index contributed by atoms with van der Waals surface area (Å²) < 4.78 is 18.3. The molecule has 3 N–H and O–H groups in total. The number of rotatable bonds is 5. The first-order chi connectivity index (χ1) is 8.13. The Morgan fingerprint density at radius 1 is 1.41 bits per heavy atom. The number of anilines is 2. The van der Waals surface area contributed by atoms with Crippen LogP contribution >= 0.6 is 0 Å². The van der Waals surface area contributed by atoms with Gasteiger partial charge in [-0.05, 0) is 19.9 Å². The molecule has 94 valence electrons. The van der Waals surface area contributed by atoms with Gasteiger partial charge < -0.3 is 10.1 Å². The molecular weight excluding hydrogens is 227 g/mol. The number of benzene rings is 1. The standard InChI is InChI=1S/C11H15FN2O3/c1-3-13-9-6-8(12)7(5-10(9)14-16)11(15)17-4-2/h5-6,13-14,16H,3-4H2,1-2H3. The molecule has 0 bridgehead atoms. The van der Waals surface area contributed by atoms with Crippen LogP contribution in [0.3, 0.4) is 0 Å². The fraction of sp³-hybridized carbons (Fsp3) is 0.364. The van der Waals surface area contributed by atoms with Gasteiger partial charge in [0.15, 0.2) is 0 Å². The highest BCUT2D eigenvalue weighted by molar-refractivity contribution is 5.92. The first kappa shape index (κ1) is 13.2. The van der Waals surface area contributed by atoms with Crippen molar-refractivity contribution in [1.82, 2.24) is 0 Å². The number of nitrogens with one attached hydrogen (secondary N) is 2. The van der Waals surface area contributed by atoms with Crippen molar-refractivity contribution in [1.29, 1.82) is 0 Å². The summed E-state index contributed by atoms with van der Waals surface area (Å²) >= 11 is 0. The lowest BCUT2D eigenvalue weighted by Crippen LogP contribution is -2.10. The Balaban J connectivity index is 3.12. The molecule has 0 radical (unpaired) electrons. The third-order valence-electron chi connectivity index (χ3n) is 2.09. The minimum atomic E-state index is -0.760. The molecule has 0 spiro atoms. The summed E-state index contributed by atoms with van der Waals surface area (Å²) in [5.41, 5.74) is 2.28. The van der Waals surface area contributed by atoms with Gasteiger partial charge in [-0.1, -0.05) is 0 Å². The highest BCUT2D eigenvalue weighted by atomic mass is 19.1. The van der Waals surface area contributed by atoms with Crippen molar-refractivity contribution in [2.75, 3.05) is 23.9 Å². The molecule has 0 aliphatic heterocycles. The Bertz CT molecular complexity index is 410. The molecule has 0 amide bonds. The third-order valence-corrected chi connectivity index (χ3v) is 2.09. The van der Waals surface area contributed by atoms with Gasteiger partial charge in [0, 0.05) is 12.6 Å². The largest absolute Gasteiger partial charge is 0.462 e. The molecule has 0 heterocycles. The zero-order chi connectivity index (χ0) is 12.8. The molecular formula is C11H15FN2O3. The lowest BCUT2D eigenvalue weighted by Gasteiger charge is -2.12. The van der Waals surface area contributed by atoms with E-state index in [1.165, 1.54) is 6.07 Å². The van der Waals surface area contributed by atoms with E-state index in [0.29, 0.717) is 12.2 Å². The maximum atomic E-state index is 13.6. The van der Waals surface area contributed by atoms with Crippen molar-refractivity contribution >= 4 is 17.3 Å². The lowest BCUT2D eigenvalue weighted by atomic mass is 10.1. The van der Waals surface area contributed by atoms with Crippen LogP contribution in [0.5, 0.6) is 0 Å². The predicted molar refractivity (Wildman–Crippen MR) is 61.9 cm³/mol. The molecule has 17 heavy (non-hydrogen) atoms. The van der Waals surface area contributed by atoms with Gasteiger partial charge in [-0.3, -0.25) is 10.7 Å². The molecule has 0 fully saturated rings. The summed E-state index contributed by atoms with van der Waals surface area (Å²) in [4.78, 5) is 11.4. The minimum Gasteiger partial charge on any atom is -0.462 e. The van der Waals surface area contributed by atoms with E-state index < -0.39 is 11.8 Å². The van der Waals surface area contributed by atoms with Crippen molar-refractivity contribution < 1.29 is 19.1 Å². The van der Waals surface area contributed by atoms with E-state index in [0.717, 1.165) is 6.07 Å². The Morgan fingerprint density at radius 3 is 2.65 bits per heavy atom. The normalized spacial score (nSPS) is 9.88. The topological polar surface area (TPSA) is 70.6 Å². The van der Waals surface area contributed by atoms with Crippen LogP contribution in [0.15, 0.2) is 12.1 Å². The van der Waals surface area contributed by atoms with Crippen LogP contribution in [0, 0.1) is 5.82 Å². The minimum absolute atomic E-state index is 0.162. The van der Waals surface area contributed by atoms with E-state index in [9.17, 15) is 9.18 Å². The van der Waals surface area contributed by atoms with E-state index in [1.54, 1.807) is 6.92 Å². The summed E-state index contributed by atoms with van der Waals surface area (Å²) in [6.45, 7) is 4.19. The fourth-order valence-electron chi connectivity index (χ4n) is 1.37. The van der Waals surface area contributed by atoms with E-state index in [2.05, 4.69) is 5.32 Å². The summed E-state index contributed by atoms with van der Waals surface area (Å²) in [5, 5.41) is 11.8. The molecule has 5 nitrogen and oxygen atoms in total. The monoisotopic (exact) mass is 242 g/mol. The van der Waals surface area contributed by atoms with Gasteiger partial charge in [-0.15, -0.1) is 0 Å². The third kappa shape index (κ3) is 3.07. The molecule has 0 unspecified atom stereocenters.